The molecule has 0 aromatic rings. The highest BCUT2D eigenvalue weighted by molar-refractivity contribution is 6.54. The van der Waals surface area contributed by atoms with Crippen LogP contribution in [-0.2, 0) is 9.31 Å². The van der Waals surface area contributed by atoms with Gasteiger partial charge >= 0.3 is 7.12 Å². The van der Waals surface area contributed by atoms with Crippen molar-refractivity contribution in [3.8, 4) is 0 Å². The Morgan fingerprint density at radius 3 is 2.25 bits per heavy atom. The fourth-order valence-electron chi connectivity index (χ4n) is 2.03. The summed E-state index contributed by atoms with van der Waals surface area (Å²) in [6, 6.07) is 0. The summed E-state index contributed by atoms with van der Waals surface area (Å²) in [6.07, 6.45) is 5.13. The Morgan fingerprint density at radius 1 is 1.25 bits per heavy atom. The second-order valence-electron chi connectivity index (χ2n) is 5.74. The molecule has 2 rings (SSSR count). The maximum Gasteiger partial charge on any atom is 0.490 e. The molecule has 2 nitrogen and oxygen atoms in total. The van der Waals surface area contributed by atoms with Crippen molar-refractivity contribution in [2.24, 2.45) is 0 Å². The highest BCUT2D eigenvalue weighted by atomic mass is 35.5. The Morgan fingerprint density at radius 2 is 1.81 bits per heavy atom. The maximum atomic E-state index is 6.07. The lowest BCUT2D eigenvalue weighted by Crippen LogP contribution is -2.41. The van der Waals surface area contributed by atoms with E-state index >= 15 is 0 Å². The SMILES string of the molecule is CC1(C)OB(C2=CCC(Cl)CC2)OC1(C)C. The van der Waals surface area contributed by atoms with Crippen LogP contribution < -0.4 is 0 Å². The molecule has 0 N–H and O–H groups in total. The van der Waals surface area contributed by atoms with Crippen LogP contribution in [0.15, 0.2) is 11.5 Å². The Balaban J connectivity index is 2.09. The zero-order chi connectivity index (χ0) is 12.0. The van der Waals surface area contributed by atoms with E-state index in [1.165, 1.54) is 5.47 Å². The van der Waals surface area contributed by atoms with E-state index in [0.717, 1.165) is 19.3 Å². The standard InChI is InChI=1S/C12H20BClO2/c1-11(2)12(3,4)16-13(15-11)9-5-7-10(14)8-6-9/h5,10H,6-8H2,1-4H3. The molecule has 1 saturated heterocycles. The third-order valence-electron chi connectivity index (χ3n) is 3.94. The van der Waals surface area contributed by atoms with Crippen molar-refractivity contribution < 1.29 is 9.31 Å². The molecular weight excluding hydrogens is 222 g/mol. The van der Waals surface area contributed by atoms with Gasteiger partial charge in [-0.15, -0.1) is 11.6 Å². The predicted molar refractivity (Wildman–Crippen MR) is 67.7 cm³/mol. The lowest BCUT2D eigenvalue weighted by Gasteiger charge is -2.32. The van der Waals surface area contributed by atoms with Gasteiger partial charge in [-0.1, -0.05) is 6.08 Å². The summed E-state index contributed by atoms with van der Waals surface area (Å²) >= 11 is 6.07. The van der Waals surface area contributed by atoms with E-state index in [-0.39, 0.29) is 23.7 Å². The molecular formula is C12H20BClO2. The highest BCUT2D eigenvalue weighted by Crippen LogP contribution is 2.40. The van der Waals surface area contributed by atoms with Crippen molar-refractivity contribution in [2.75, 3.05) is 0 Å². The third kappa shape index (κ3) is 2.18. The van der Waals surface area contributed by atoms with Crippen LogP contribution in [0, 0.1) is 0 Å². The zero-order valence-electron chi connectivity index (χ0n) is 10.5. The van der Waals surface area contributed by atoms with E-state index in [1.807, 2.05) is 0 Å². The Hall–Kier alpha value is 0.0149. The summed E-state index contributed by atoms with van der Waals surface area (Å²) in [5.74, 6) is 0. The molecule has 1 fully saturated rings. The molecule has 2 aliphatic rings. The zero-order valence-corrected chi connectivity index (χ0v) is 11.3. The average molecular weight is 243 g/mol. The molecule has 0 aromatic carbocycles. The van der Waals surface area contributed by atoms with E-state index in [2.05, 4.69) is 33.8 Å². The first-order valence-corrected chi connectivity index (χ1v) is 6.44. The van der Waals surface area contributed by atoms with E-state index in [0.29, 0.717) is 0 Å². The molecule has 1 atom stereocenters. The molecule has 0 saturated carbocycles. The van der Waals surface area contributed by atoms with Crippen LogP contribution in [0.3, 0.4) is 0 Å². The highest BCUT2D eigenvalue weighted by Gasteiger charge is 2.52. The molecule has 90 valence electrons. The fraction of sp³-hybridized carbons (Fsp3) is 0.833. The molecule has 0 bridgehead atoms. The Kier molecular flexibility index (Phi) is 3.15. The van der Waals surface area contributed by atoms with E-state index < -0.39 is 0 Å². The number of alkyl halides is 1. The van der Waals surface area contributed by atoms with Gasteiger partial charge in [0.25, 0.3) is 0 Å². The Labute approximate surface area is 103 Å². The fourth-order valence-corrected chi connectivity index (χ4v) is 2.23. The summed E-state index contributed by atoms with van der Waals surface area (Å²) in [5, 5.41) is 0.283. The second-order valence-corrected chi connectivity index (χ2v) is 6.36. The van der Waals surface area contributed by atoms with Crippen LogP contribution in [0.4, 0.5) is 0 Å². The monoisotopic (exact) mass is 242 g/mol. The van der Waals surface area contributed by atoms with Gasteiger partial charge in [-0.25, -0.2) is 0 Å². The number of halogens is 1. The summed E-state index contributed by atoms with van der Waals surface area (Å²) in [5.41, 5.74) is 0.780. The first-order valence-electron chi connectivity index (χ1n) is 6.00. The molecule has 1 aliphatic carbocycles. The molecule has 0 radical (unpaired) electrons. The molecule has 0 amide bonds. The minimum absolute atomic E-state index is 0.172. The average Bonchev–Trinajstić information content (AvgIpc) is 2.37. The number of allylic oxidation sites excluding steroid dienone is 2. The smallest absolute Gasteiger partial charge is 0.400 e. The molecule has 1 heterocycles. The quantitative estimate of drug-likeness (QED) is 0.519. The first-order chi connectivity index (χ1) is 7.32. The minimum atomic E-state index is -0.240. The van der Waals surface area contributed by atoms with Gasteiger partial charge in [0.2, 0.25) is 0 Å². The second kappa shape index (κ2) is 4.04. The summed E-state index contributed by atoms with van der Waals surface area (Å²) in [7, 11) is -0.172. The van der Waals surface area contributed by atoms with E-state index in [9.17, 15) is 0 Å². The molecule has 1 aliphatic heterocycles. The molecule has 1 unspecified atom stereocenters. The van der Waals surface area contributed by atoms with Crippen LogP contribution >= 0.6 is 11.6 Å². The number of rotatable bonds is 1. The molecule has 0 spiro atoms. The van der Waals surface area contributed by atoms with Gasteiger partial charge in [-0.3, -0.25) is 0 Å². The van der Waals surface area contributed by atoms with Crippen LogP contribution in [0.5, 0.6) is 0 Å². The number of hydrogen-bond acceptors (Lipinski definition) is 2. The van der Waals surface area contributed by atoms with Crippen LogP contribution in [0.25, 0.3) is 0 Å². The van der Waals surface area contributed by atoms with Gasteiger partial charge in [-0.2, -0.15) is 0 Å². The van der Waals surface area contributed by atoms with Crippen molar-refractivity contribution in [2.45, 2.75) is 63.5 Å². The summed E-state index contributed by atoms with van der Waals surface area (Å²) in [4.78, 5) is 0. The normalized spacial score (nSPS) is 32.7. The van der Waals surface area contributed by atoms with Gasteiger partial charge in [-0.05, 0) is 52.4 Å². The van der Waals surface area contributed by atoms with Crippen molar-refractivity contribution in [1.29, 1.82) is 0 Å². The third-order valence-corrected chi connectivity index (χ3v) is 4.33. The topological polar surface area (TPSA) is 18.5 Å². The van der Waals surface area contributed by atoms with Gasteiger partial charge in [0, 0.05) is 5.38 Å². The summed E-state index contributed by atoms with van der Waals surface area (Å²) in [6.45, 7) is 8.34. The van der Waals surface area contributed by atoms with Crippen molar-refractivity contribution in [1.82, 2.24) is 0 Å². The Bertz CT molecular complexity index is 296. The molecule has 4 heteroatoms. The maximum absolute atomic E-state index is 6.07. The van der Waals surface area contributed by atoms with Crippen molar-refractivity contribution in [3.63, 3.8) is 0 Å². The number of hydrogen-bond donors (Lipinski definition) is 0. The van der Waals surface area contributed by atoms with Crippen LogP contribution in [0.1, 0.15) is 47.0 Å². The van der Waals surface area contributed by atoms with Crippen molar-refractivity contribution in [3.05, 3.63) is 11.5 Å². The van der Waals surface area contributed by atoms with E-state index in [1.54, 1.807) is 0 Å². The first kappa shape index (κ1) is 12.5. The van der Waals surface area contributed by atoms with Crippen molar-refractivity contribution >= 4 is 18.7 Å². The van der Waals surface area contributed by atoms with Gasteiger partial charge in [0.05, 0.1) is 11.2 Å². The molecule has 16 heavy (non-hydrogen) atoms. The lowest BCUT2D eigenvalue weighted by molar-refractivity contribution is 0.00578. The van der Waals surface area contributed by atoms with E-state index in [4.69, 9.17) is 20.9 Å². The summed E-state index contributed by atoms with van der Waals surface area (Å²) < 4.78 is 12.0. The largest absolute Gasteiger partial charge is 0.490 e. The van der Waals surface area contributed by atoms with Crippen LogP contribution in [0.2, 0.25) is 0 Å². The van der Waals surface area contributed by atoms with Gasteiger partial charge in [0.15, 0.2) is 0 Å². The molecule has 0 aromatic heterocycles. The van der Waals surface area contributed by atoms with Crippen LogP contribution in [-0.4, -0.2) is 23.7 Å². The van der Waals surface area contributed by atoms with Gasteiger partial charge in [0.1, 0.15) is 0 Å². The predicted octanol–water partition coefficient (Wildman–Crippen LogP) is 3.34. The minimum Gasteiger partial charge on any atom is -0.400 e. The van der Waals surface area contributed by atoms with Gasteiger partial charge < -0.3 is 9.31 Å². The lowest BCUT2D eigenvalue weighted by atomic mass is 9.72.